The van der Waals surface area contributed by atoms with Crippen molar-refractivity contribution in [2.75, 3.05) is 17.4 Å². The molecule has 0 aliphatic carbocycles. The third-order valence-corrected chi connectivity index (χ3v) is 9.07. The lowest BCUT2D eigenvalue weighted by atomic mass is 10.0. The van der Waals surface area contributed by atoms with E-state index < -0.39 is 28.5 Å². The standard InChI is InChI=1S/C33H33Cl2N3O4S/c1-2-20-36-33(40)31(21-25-10-5-3-6-11-25)37(23-26-12-7-4-8-13-26)32(39)24-38(29-15-9-14-28(35)22-29)43(41,42)30-18-16-27(34)17-19-30/h3-19,22,31H,2,20-21,23-24H2,1H3,(H,36,40)/t31-/m1/s1. The molecule has 4 rings (SSSR count). The Morgan fingerprint density at radius 1 is 0.791 bits per heavy atom. The number of benzene rings is 4. The monoisotopic (exact) mass is 637 g/mol. The zero-order valence-electron chi connectivity index (χ0n) is 23.7. The van der Waals surface area contributed by atoms with Crippen molar-refractivity contribution < 1.29 is 18.0 Å². The molecule has 0 saturated carbocycles. The first kappa shape index (κ1) is 32.1. The zero-order valence-corrected chi connectivity index (χ0v) is 26.0. The van der Waals surface area contributed by atoms with Gasteiger partial charge in [0.05, 0.1) is 10.6 Å². The second-order valence-corrected chi connectivity index (χ2v) is 12.7. The summed E-state index contributed by atoms with van der Waals surface area (Å²) < 4.78 is 29.0. The van der Waals surface area contributed by atoms with Crippen LogP contribution in [0.2, 0.25) is 10.0 Å². The number of amides is 2. The van der Waals surface area contributed by atoms with Crippen LogP contribution in [0.25, 0.3) is 0 Å². The van der Waals surface area contributed by atoms with Crippen molar-refractivity contribution in [2.24, 2.45) is 0 Å². The smallest absolute Gasteiger partial charge is 0.264 e. The number of hydrogen-bond donors (Lipinski definition) is 1. The molecule has 0 fully saturated rings. The molecule has 43 heavy (non-hydrogen) atoms. The van der Waals surface area contributed by atoms with Gasteiger partial charge in [0.2, 0.25) is 11.8 Å². The first-order valence-corrected chi connectivity index (χ1v) is 16.1. The number of sulfonamides is 1. The molecule has 224 valence electrons. The third kappa shape index (κ3) is 8.60. The Hall–Kier alpha value is -3.85. The fourth-order valence-electron chi connectivity index (χ4n) is 4.59. The van der Waals surface area contributed by atoms with Gasteiger partial charge in [-0.25, -0.2) is 8.42 Å². The van der Waals surface area contributed by atoms with E-state index in [9.17, 15) is 18.0 Å². The Kier molecular flexibility index (Phi) is 11.2. The van der Waals surface area contributed by atoms with E-state index in [2.05, 4.69) is 5.32 Å². The van der Waals surface area contributed by atoms with Gasteiger partial charge in [-0.1, -0.05) is 96.9 Å². The minimum atomic E-state index is -4.24. The van der Waals surface area contributed by atoms with Crippen LogP contribution in [0.1, 0.15) is 24.5 Å². The highest BCUT2D eigenvalue weighted by Gasteiger charge is 2.34. The van der Waals surface area contributed by atoms with Crippen molar-refractivity contribution in [1.29, 1.82) is 0 Å². The van der Waals surface area contributed by atoms with Gasteiger partial charge in [0.1, 0.15) is 12.6 Å². The largest absolute Gasteiger partial charge is 0.354 e. The highest BCUT2D eigenvalue weighted by atomic mass is 35.5. The van der Waals surface area contributed by atoms with Crippen LogP contribution in [0, 0.1) is 0 Å². The first-order chi connectivity index (χ1) is 20.7. The lowest BCUT2D eigenvalue weighted by molar-refractivity contribution is -0.140. The molecule has 0 aliphatic rings. The molecule has 7 nitrogen and oxygen atoms in total. The maximum Gasteiger partial charge on any atom is 0.264 e. The molecular weight excluding hydrogens is 605 g/mol. The molecule has 1 N–H and O–H groups in total. The van der Waals surface area contributed by atoms with Gasteiger partial charge in [-0.15, -0.1) is 0 Å². The molecule has 1 atom stereocenters. The van der Waals surface area contributed by atoms with Crippen LogP contribution in [0.3, 0.4) is 0 Å². The fraction of sp³-hybridized carbons (Fsp3) is 0.212. The van der Waals surface area contributed by atoms with Crippen molar-refractivity contribution in [3.05, 3.63) is 130 Å². The molecule has 0 spiro atoms. The number of nitrogens with one attached hydrogen (secondary N) is 1. The molecule has 0 saturated heterocycles. The summed E-state index contributed by atoms with van der Waals surface area (Å²) in [4.78, 5) is 29.4. The number of carbonyl (C=O) groups excluding carboxylic acids is 2. The molecule has 0 heterocycles. The van der Waals surface area contributed by atoms with Gasteiger partial charge in [0.15, 0.2) is 0 Å². The summed E-state index contributed by atoms with van der Waals surface area (Å²) in [5.74, 6) is -0.862. The maximum absolute atomic E-state index is 14.3. The van der Waals surface area contributed by atoms with E-state index >= 15 is 0 Å². The Morgan fingerprint density at radius 2 is 1.42 bits per heavy atom. The number of nitrogens with zero attached hydrogens (tertiary/aromatic N) is 2. The number of anilines is 1. The summed E-state index contributed by atoms with van der Waals surface area (Å²) in [7, 11) is -4.24. The minimum absolute atomic E-state index is 0.0409. The number of rotatable bonds is 13. The lowest BCUT2D eigenvalue weighted by Crippen LogP contribution is -2.53. The zero-order chi connectivity index (χ0) is 30.8. The molecule has 0 aliphatic heterocycles. The Balaban J connectivity index is 1.78. The number of hydrogen-bond acceptors (Lipinski definition) is 4. The topological polar surface area (TPSA) is 86.8 Å². The van der Waals surface area contributed by atoms with Crippen molar-refractivity contribution in [1.82, 2.24) is 10.2 Å². The summed E-state index contributed by atoms with van der Waals surface area (Å²) in [6.07, 6.45) is 0.967. The predicted molar refractivity (Wildman–Crippen MR) is 172 cm³/mol. The van der Waals surface area contributed by atoms with E-state index in [1.807, 2.05) is 67.6 Å². The van der Waals surface area contributed by atoms with Crippen LogP contribution in [0.15, 0.2) is 114 Å². The van der Waals surface area contributed by atoms with Gasteiger partial charge < -0.3 is 10.2 Å². The highest BCUT2D eigenvalue weighted by Crippen LogP contribution is 2.28. The second-order valence-electron chi connectivity index (χ2n) is 9.95. The van der Waals surface area contributed by atoms with Gasteiger partial charge in [-0.2, -0.15) is 0 Å². The third-order valence-electron chi connectivity index (χ3n) is 6.79. The summed E-state index contributed by atoms with van der Waals surface area (Å²) >= 11 is 12.3. The fourth-order valence-corrected chi connectivity index (χ4v) is 6.31. The molecule has 0 unspecified atom stereocenters. The number of halogens is 2. The molecule has 0 bridgehead atoms. The van der Waals surface area contributed by atoms with Crippen molar-refractivity contribution in [3.63, 3.8) is 0 Å². The minimum Gasteiger partial charge on any atom is -0.354 e. The Labute approximate surface area is 263 Å². The Bertz CT molecular complexity index is 1620. The summed E-state index contributed by atoms with van der Waals surface area (Å²) in [6.45, 7) is 1.92. The average molecular weight is 639 g/mol. The van der Waals surface area contributed by atoms with E-state index in [0.717, 1.165) is 21.9 Å². The quantitative estimate of drug-likeness (QED) is 0.185. The molecular formula is C33H33Cl2N3O4S. The lowest BCUT2D eigenvalue weighted by Gasteiger charge is -2.34. The van der Waals surface area contributed by atoms with E-state index in [1.165, 1.54) is 35.2 Å². The molecule has 4 aromatic rings. The first-order valence-electron chi connectivity index (χ1n) is 13.9. The van der Waals surface area contributed by atoms with E-state index in [0.29, 0.717) is 16.6 Å². The summed E-state index contributed by atoms with van der Waals surface area (Å²) in [6, 6.07) is 29.8. The normalized spacial score (nSPS) is 11.9. The molecule has 10 heteroatoms. The van der Waals surface area contributed by atoms with Crippen LogP contribution in [-0.4, -0.2) is 44.3 Å². The second kappa shape index (κ2) is 15.0. The SMILES string of the molecule is CCCNC(=O)[C@@H](Cc1ccccc1)N(Cc1ccccc1)C(=O)CN(c1cccc(Cl)c1)S(=O)(=O)c1ccc(Cl)cc1. The van der Waals surface area contributed by atoms with Gasteiger partial charge in [0, 0.05) is 29.6 Å². The summed E-state index contributed by atoms with van der Waals surface area (Å²) in [5.41, 5.74) is 1.88. The average Bonchev–Trinajstić information content (AvgIpc) is 3.01. The van der Waals surface area contributed by atoms with Crippen molar-refractivity contribution in [3.8, 4) is 0 Å². The van der Waals surface area contributed by atoms with Crippen LogP contribution >= 0.6 is 23.2 Å². The molecule has 4 aromatic carbocycles. The van der Waals surface area contributed by atoms with E-state index in [1.54, 1.807) is 18.2 Å². The molecule has 2 amide bonds. The van der Waals surface area contributed by atoms with Gasteiger partial charge >= 0.3 is 0 Å². The Morgan fingerprint density at radius 3 is 2.02 bits per heavy atom. The van der Waals surface area contributed by atoms with Crippen molar-refractivity contribution >= 4 is 50.7 Å². The summed E-state index contributed by atoms with van der Waals surface area (Å²) in [5, 5.41) is 3.62. The van der Waals surface area contributed by atoms with Gasteiger partial charge in [0.25, 0.3) is 10.0 Å². The van der Waals surface area contributed by atoms with Gasteiger partial charge in [-0.05, 0) is 60.0 Å². The molecule has 0 radical (unpaired) electrons. The van der Waals surface area contributed by atoms with Crippen molar-refractivity contribution in [2.45, 2.75) is 37.2 Å². The predicted octanol–water partition coefficient (Wildman–Crippen LogP) is 6.36. The van der Waals surface area contributed by atoms with Gasteiger partial charge in [-0.3, -0.25) is 13.9 Å². The highest BCUT2D eigenvalue weighted by molar-refractivity contribution is 7.92. The van der Waals surface area contributed by atoms with Crippen LogP contribution in [0.5, 0.6) is 0 Å². The van der Waals surface area contributed by atoms with E-state index in [-0.39, 0.29) is 29.5 Å². The molecule has 0 aromatic heterocycles. The van der Waals surface area contributed by atoms with Crippen LogP contribution < -0.4 is 9.62 Å². The maximum atomic E-state index is 14.3. The van der Waals surface area contributed by atoms with E-state index in [4.69, 9.17) is 23.2 Å². The van der Waals surface area contributed by atoms with Crippen LogP contribution in [-0.2, 0) is 32.6 Å². The van der Waals surface area contributed by atoms with Crippen LogP contribution in [0.4, 0.5) is 5.69 Å². The number of carbonyl (C=O) groups is 2.